The van der Waals surface area contributed by atoms with Gasteiger partial charge in [-0.25, -0.2) is 0 Å². The summed E-state index contributed by atoms with van der Waals surface area (Å²) >= 11 is -0.192. The second-order valence-corrected chi connectivity index (χ2v) is 10.2. The van der Waals surface area contributed by atoms with Crippen molar-refractivity contribution in [2.75, 3.05) is 33.4 Å². The summed E-state index contributed by atoms with van der Waals surface area (Å²) in [6.45, 7) is 4.66. The number of nitrogens with one attached hydrogen (secondary N) is 1. The number of nitrogens with zero attached hydrogens (tertiary/aromatic N) is 3. The lowest BCUT2D eigenvalue weighted by atomic mass is 9.96. The highest BCUT2D eigenvalue weighted by Crippen LogP contribution is 2.36. The molecule has 1 N–H and O–H groups in total. The summed E-state index contributed by atoms with van der Waals surface area (Å²) in [6.07, 6.45) is 3.57. The summed E-state index contributed by atoms with van der Waals surface area (Å²) in [5.41, 5.74) is -1.65. The van der Waals surface area contributed by atoms with Gasteiger partial charge in [-0.15, -0.1) is 0 Å². The predicted molar refractivity (Wildman–Crippen MR) is 136 cm³/mol. The van der Waals surface area contributed by atoms with Crippen LogP contribution >= 0.6 is 11.8 Å². The first kappa shape index (κ1) is 27.0. The Morgan fingerprint density at radius 2 is 1.84 bits per heavy atom. The molecule has 1 aliphatic rings. The summed E-state index contributed by atoms with van der Waals surface area (Å²) in [7, 11) is 1.59. The highest BCUT2D eigenvalue weighted by molar-refractivity contribution is 8.00. The second kappa shape index (κ2) is 11.6. The quantitative estimate of drug-likeness (QED) is 0.329. The molecule has 2 aromatic carbocycles. The molecule has 2 amide bonds. The number of rotatable bonds is 8. The molecule has 11 heteroatoms. The third-order valence-electron chi connectivity index (χ3n) is 6.52. The number of likely N-dealkylation sites (tertiary alicyclic amines) is 1. The molecule has 1 aliphatic heterocycles. The van der Waals surface area contributed by atoms with E-state index in [1.807, 2.05) is 23.9 Å². The first-order valence-electron chi connectivity index (χ1n) is 12.0. The third kappa shape index (κ3) is 6.84. The van der Waals surface area contributed by atoms with E-state index in [4.69, 9.17) is 4.74 Å². The number of benzene rings is 2. The molecule has 0 unspecified atom stereocenters. The number of methoxy groups -OCH3 is 1. The van der Waals surface area contributed by atoms with Gasteiger partial charge in [-0.2, -0.15) is 18.3 Å². The average molecular weight is 535 g/mol. The van der Waals surface area contributed by atoms with E-state index in [-0.39, 0.29) is 28.5 Å². The Balaban J connectivity index is 1.33. The molecule has 0 saturated carbocycles. The standard InChI is InChI=1S/C26H29F3N4O3S/c1-17-21(24(34)30-11-14-36-2)7-8-23-22(17)16-33(31-23)15-18-9-12-32(13-10-18)25(35)19-3-5-20(6-4-19)37-26(27,28)29/h3-8,16,18H,9-15H2,1-2H3,(H,30,34). The molecule has 1 aromatic heterocycles. The third-order valence-corrected chi connectivity index (χ3v) is 7.26. The van der Waals surface area contributed by atoms with Crippen LogP contribution in [0.3, 0.4) is 0 Å². The zero-order chi connectivity index (χ0) is 26.6. The first-order valence-corrected chi connectivity index (χ1v) is 12.8. The van der Waals surface area contributed by atoms with E-state index < -0.39 is 5.51 Å². The number of alkyl halides is 3. The number of fused-ring (bicyclic) bond motifs is 1. The van der Waals surface area contributed by atoms with E-state index in [0.29, 0.717) is 49.8 Å². The number of amides is 2. The molecule has 7 nitrogen and oxygen atoms in total. The topological polar surface area (TPSA) is 76.5 Å². The smallest absolute Gasteiger partial charge is 0.383 e. The molecule has 37 heavy (non-hydrogen) atoms. The van der Waals surface area contributed by atoms with Gasteiger partial charge in [-0.1, -0.05) is 0 Å². The van der Waals surface area contributed by atoms with Crippen LogP contribution in [0.4, 0.5) is 13.2 Å². The fourth-order valence-corrected chi connectivity index (χ4v) is 5.09. The number of carbonyl (C=O) groups is 2. The predicted octanol–water partition coefficient (Wildman–Crippen LogP) is 4.89. The van der Waals surface area contributed by atoms with Crippen LogP contribution in [-0.4, -0.2) is 65.4 Å². The summed E-state index contributed by atoms with van der Waals surface area (Å²) in [4.78, 5) is 27.1. The number of hydrogen-bond acceptors (Lipinski definition) is 5. The van der Waals surface area contributed by atoms with Crippen LogP contribution in [0.5, 0.6) is 0 Å². The molecule has 3 aromatic rings. The molecule has 1 saturated heterocycles. The average Bonchev–Trinajstić information content (AvgIpc) is 3.27. The fraction of sp³-hybridized carbons (Fsp3) is 0.423. The minimum atomic E-state index is -4.35. The molecular weight excluding hydrogens is 505 g/mol. The van der Waals surface area contributed by atoms with Crippen LogP contribution in [0.2, 0.25) is 0 Å². The number of halogens is 3. The van der Waals surface area contributed by atoms with Gasteiger partial charge in [-0.3, -0.25) is 14.3 Å². The summed E-state index contributed by atoms with van der Waals surface area (Å²) in [5, 5.41) is 8.46. The van der Waals surface area contributed by atoms with Gasteiger partial charge in [0.15, 0.2) is 0 Å². The van der Waals surface area contributed by atoms with E-state index in [2.05, 4.69) is 10.4 Å². The highest BCUT2D eigenvalue weighted by atomic mass is 32.2. The maximum absolute atomic E-state index is 12.8. The Morgan fingerprint density at radius 3 is 2.49 bits per heavy atom. The molecule has 4 rings (SSSR count). The van der Waals surface area contributed by atoms with E-state index >= 15 is 0 Å². The van der Waals surface area contributed by atoms with Crippen molar-refractivity contribution in [3.63, 3.8) is 0 Å². The van der Waals surface area contributed by atoms with Gasteiger partial charge in [-0.05, 0) is 79.4 Å². The van der Waals surface area contributed by atoms with E-state index in [9.17, 15) is 22.8 Å². The normalized spacial score (nSPS) is 14.8. The van der Waals surface area contributed by atoms with Gasteiger partial charge in [0.05, 0.1) is 12.1 Å². The van der Waals surface area contributed by atoms with Crippen LogP contribution in [0.25, 0.3) is 10.9 Å². The number of carbonyl (C=O) groups excluding carboxylic acids is 2. The van der Waals surface area contributed by atoms with Crippen LogP contribution in [-0.2, 0) is 11.3 Å². The molecule has 2 heterocycles. The maximum Gasteiger partial charge on any atom is 0.446 e. The lowest BCUT2D eigenvalue weighted by molar-refractivity contribution is -0.0328. The molecule has 198 valence electrons. The number of hydrogen-bond donors (Lipinski definition) is 1. The van der Waals surface area contributed by atoms with Crippen molar-refractivity contribution in [3.05, 3.63) is 59.3 Å². The number of aryl methyl sites for hydroxylation is 1. The largest absolute Gasteiger partial charge is 0.446 e. The van der Waals surface area contributed by atoms with E-state index in [1.165, 1.54) is 24.3 Å². The summed E-state index contributed by atoms with van der Waals surface area (Å²) in [5.74, 6) is 0.0230. The first-order chi connectivity index (χ1) is 17.6. The maximum atomic E-state index is 12.8. The molecule has 0 aliphatic carbocycles. The Labute approximate surface area is 217 Å². The van der Waals surface area contributed by atoms with Crippen molar-refractivity contribution < 1.29 is 27.5 Å². The van der Waals surface area contributed by atoms with E-state index in [1.54, 1.807) is 18.1 Å². The summed E-state index contributed by atoms with van der Waals surface area (Å²) < 4.78 is 44.5. The van der Waals surface area contributed by atoms with Crippen LogP contribution in [0.15, 0.2) is 47.5 Å². The van der Waals surface area contributed by atoms with Crippen molar-refractivity contribution >= 4 is 34.5 Å². The zero-order valence-electron chi connectivity index (χ0n) is 20.7. The van der Waals surface area contributed by atoms with Crippen LogP contribution in [0, 0.1) is 12.8 Å². The van der Waals surface area contributed by atoms with Gasteiger partial charge in [0, 0.05) is 60.9 Å². The van der Waals surface area contributed by atoms with Gasteiger partial charge in [0.1, 0.15) is 0 Å². The molecular formula is C26H29F3N4O3S. The molecule has 1 fully saturated rings. The van der Waals surface area contributed by atoms with Crippen LogP contribution < -0.4 is 5.32 Å². The Hall–Kier alpha value is -3.05. The van der Waals surface area contributed by atoms with Crippen molar-refractivity contribution in [3.8, 4) is 0 Å². The SMILES string of the molecule is COCCNC(=O)c1ccc2nn(CC3CCN(C(=O)c4ccc(SC(F)(F)F)cc4)CC3)cc2c1C. The van der Waals surface area contributed by atoms with Crippen LogP contribution in [0.1, 0.15) is 39.1 Å². The zero-order valence-corrected chi connectivity index (χ0v) is 21.5. The van der Waals surface area contributed by atoms with Gasteiger partial charge in [0.25, 0.3) is 11.8 Å². The number of piperidine rings is 1. The number of thioether (sulfide) groups is 1. The van der Waals surface area contributed by atoms with Crippen molar-refractivity contribution in [2.24, 2.45) is 5.92 Å². The molecule has 0 radical (unpaired) electrons. The number of aromatic nitrogens is 2. The Morgan fingerprint density at radius 1 is 1.14 bits per heavy atom. The second-order valence-electron chi connectivity index (χ2n) is 9.08. The molecule has 0 spiro atoms. The fourth-order valence-electron chi connectivity index (χ4n) is 4.55. The lowest BCUT2D eigenvalue weighted by Gasteiger charge is -2.32. The highest BCUT2D eigenvalue weighted by Gasteiger charge is 2.29. The number of ether oxygens (including phenoxy) is 1. The minimum Gasteiger partial charge on any atom is -0.383 e. The monoisotopic (exact) mass is 534 g/mol. The van der Waals surface area contributed by atoms with Gasteiger partial charge >= 0.3 is 5.51 Å². The lowest BCUT2D eigenvalue weighted by Crippen LogP contribution is -2.39. The Bertz CT molecular complexity index is 1250. The summed E-state index contributed by atoms with van der Waals surface area (Å²) in [6, 6.07) is 9.20. The minimum absolute atomic E-state index is 0.0587. The molecule has 0 atom stereocenters. The van der Waals surface area contributed by atoms with Gasteiger partial charge < -0.3 is 15.0 Å². The van der Waals surface area contributed by atoms with Crippen molar-refractivity contribution in [1.82, 2.24) is 20.0 Å². The molecule has 0 bridgehead atoms. The Kier molecular flexibility index (Phi) is 8.43. The van der Waals surface area contributed by atoms with Crippen molar-refractivity contribution in [1.29, 1.82) is 0 Å². The van der Waals surface area contributed by atoms with Gasteiger partial charge in [0.2, 0.25) is 0 Å². The van der Waals surface area contributed by atoms with Crippen molar-refractivity contribution in [2.45, 2.75) is 36.7 Å². The van der Waals surface area contributed by atoms with E-state index in [0.717, 1.165) is 29.3 Å².